The van der Waals surface area contributed by atoms with Crippen molar-refractivity contribution in [1.82, 2.24) is 5.32 Å². The molecular formula is C11H21NO3. The number of esters is 1. The van der Waals surface area contributed by atoms with Crippen LogP contribution in [0.4, 0.5) is 0 Å². The molecule has 0 spiro atoms. The first-order valence-electron chi connectivity index (χ1n) is 5.63. The van der Waals surface area contributed by atoms with Crippen molar-refractivity contribution in [3.8, 4) is 0 Å². The molecule has 1 aliphatic heterocycles. The molecule has 1 rings (SSSR count). The van der Waals surface area contributed by atoms with Gasteiger partial charge in [0.2, 0.25) is 0 Å². The standard InChI is InChI=1S/C11H21NO3/c1-8(2)14-6-7-15-11(13)10-9(3)4-5-12-10/h8-10,12H,4-7H2,1-3H3. The molecule has 88 valence electrons. The van der Waals surface area contributed by atoms with E-state index in [9.17, 15) is 4.79 Å². The summed E-state index contributed by atoms with van der Waals surface area (Å²) in [6.45, 7) is 7.72. The second kappa shape index (κ2) is 6.08. The molecule has 2 unspecified atom stereocenters. The lowest BCUT2D eigenvalue weighted by atomic mass is 10.0. The molecule has 1 aliphatic rings. The number of hydrogen-bond donors (Lipinski definition) is 1. The molecule has 4 heteroatoms. The summed E-state index contributed by atoms with van der Waals surface area (Å²) in [6.07, 6.45) is 1.23. The van der Waals surface area contributed by atoms with Gasteiger partial charge in [0.25, 0.3) is 0 Å². The summed E-state index contributed by atoms with van der Waals surface area (Å²) >= 11 is 0. The molecule has 0 saturated carbocycles. The lowest BCUT2D eigenvalue weighted by molar-refractivity contribution is -0.148. The quantitative estimate of drug-likeness (QED) is 0.548. The van der Waals surface area contributed by atoms with Gasteiger partial charge in [0.1, 0.15) is 12.6 Å². The molecule has 1 N–H and O–H groups in total. The number of ether oxygens (including phenoxy) is 2. The zero-order chi connectivity index (χ0) is 11.3. The fourth-order valence-corrected chi connectivity index (χ4v) is 1.67. The van der Waals surface area contributed by atoms with Crippen molar-refractivity contribution in [3.05, 3.63) is 0 Å². The maximum Gasteiger partial charge on any atom is 0.323 e. The summed E-state index contributed by atoms with van der Waals surface area (Å²) in [7, 11) is 0. The van der Waals surface area contributed by atoms with Gasteiger partial charge in [0.05, 0.1) is 12.7 Å². The fourth-order valence-electron chi connectivity index (χ4n) is 1.67. The summed E-state index contributed by atoms with van der Waals surface area (Å²) in [5.74, 6) is 0.232. The van der Waals surface area contributed by atoms with Gasteiger partial charge in [-0.15, -0.1) is 0 Å². The van der Waals surface area contributed by atoms with E-state index < -0.39 is 0 Å². The topological polar surface area (TPSA) is 47.6 Å². The Balaban J connectivity index is 2.13. The van der Waals surface area contributed by atoms with Crippen LogP contribution in [0.5, 0.6) is 0 Å². The van der Waals surface area contributed by atoms with Crippen LogP contribution in [0.15, 0.2) is 0 Å². The van der Waals surface area contributed by atoms with Crippen molar-refractivity contribution in [2.45, 2.75) is 39.3 Å². The summed E-state index contributed by atoms with van der Waals surface area (Å²) in [5.41, 5.74) is 0. The van der Waals surface area contributed by atoms with Crippen LogP contribution in [0, 0.1) is 5.92 Å². The minimum atomic E-state index is -0.146. The Labute approximate surface area is 91.3 Å². The molecule has 1 heterocycles. The number of carbonyl (C=O) groups is 1. The zero-order valence-electron chi connectivity index (χ0n) is 9.79. The van der Waals surface area contributed by atoms with E-state index >= 15 is 0 Å². The van der Waals surface area contributed by atoms with Crippen LogP contribution in [0.1, 0.15) is 27.2 Å². The third kappa shape index (κ3) is 4.18. The summed E-state index contributed by atoms with van der Waals surface area (Å²) in [4.78, 5) is 11.6. The largest absolute Gasteiger partial charge is 0.462 e. The minimum absolute atomic E-state index is 0.121. The Morgan fingerprint density at radius 2 is 2.20 bits per heavy atom. The third-order valence-corrected chi connectivity index (χ3v) is 2.57. The highest BCUT2D eigenvalue weighted by atomic mass is 16.6. The predicted octanol–water partition coefficient (Wildman–Crippen LogP) is 0.953. The normalized spacial score (nSPS) is 25.9. The summed E-state index contributed by atoms with van der Waals surface area (Å²) < 4.78 is 10.4. The Morgan fingerprint density at radius 3 is 2.73 bits per heavy atom. The third-order valence-electron chi connectivity index (χ3n) is 2.57. The first-order chi connectivity index (χ1) is 7.11. The molecule has 0 radical (unpaired) electrons. The molecule has 1 fully saturated rings. The van der Waals surface area contributed by atoms with Crippen LogP contribution < -0.4 is 5.32 Å². The average Bonchev–Trinajstić information content (AvgIpc) is 2.58. The van der Waals surface area contributed by atoms with Crippen LogP contribution in [-0.2, 0) is 14.3 Å². The number of rotatable bonds is 5. The molecule has 0 aromatic carbocycles. The van der Waals surface area contributed by atoms with E-state index in [4.69, 9.17) is 9.47 Å². The van der Waals surface area contributed by atoms with Gasteiger partial charge in [0.15, 0.2) is 0 Å². The number of nitrogens with one attached hydrogen (secondary N) is 1. The molecule has 2 atom stereocenters. The van der Waals surface area contributed by atoms with Crippen molar-refractivity contribution >= 4 is 5.97 Å². The zero-order valence-corrected chi connectivity index (χ0v) is 9.79. The number of carbonyl (C=O) groups excluding carboxylic acids is 1. The van der Waals surface area contributed by atoms with Crippen molar-refractivity contribution < 1.29 is 14.3 Å². The highest BCUT2D eigenvalue weighted by molar-refractivity contribution is 5.76. The van der Waals surface area contributed by atoms with E-state index in [1.165, 1.54) is 0 Å². The van der Waals surface area contributed by atoms with Crippen LogP contribution in [-0.4, -0.2) is 37.9 Å². The maximum absolute atomic E-state index is 11.6. The minimum Gasteiger partial charge on any atom is -0.462 e. The van der Waals surface area contributed by atoms with E-state index in [2.05, 4.69) is 12.2 Å². The van der Waals surface area contributed by atoms with E-state index in [0.717, 1.165) is 13.0 Å². The van der Waals surface area contributed by atoms with Crippen LogP contribution >= 0.6 is 0 Å². The molecule has 0 aromatic heterocycles. The molecule has 1 saturated heterocycles. The fraction of sp³-hybridized carbons (Fsp3) is 0.909. The van der Waals surface area contributed by atoms with Gasteiger partial charge in [-0.2, -0.15) is 0 Å². The Kier molecular flexibility index (Phi) is 5.05. The predicted molar refractivity (Wildman–Crippen MR) is 57.6 cm³/mol. The first kappa shape index (κ1) is 12.5. The van der Waals surface area contributed by atoms with E-state index in [0.29, 0.717) is 19.1 Å². The van der Waals surface area contributed by atoms with Crippen molar-refractivity contribution in [2.75, 3.05) is 19.8 Å². The monoisotopic (exact) mass is 215 g/mol. The van der Waals surface area contributed by atoms with E-state index in [-0.39, 0.29) is 18.1 Å². The lowest BCUT2D eigenvalue weighted by Crippen LogP contribution is -2.36. The molecule has 0 bridgehead atoms. The smallest absolute Gasteiger partial charge is 0.323 e. The van der Waals surface area contributed by atoms with Gasteiger partial charge >= 0.3 is 5.97 Å². The first-order valence-corrected chi connectivity index (χ1v) is 5.63. The van der Waals surface area contributed by atoms with Crippen LogP contribution in [0.2, 0.25) is 0 Å². The molecule has 0 aromatic rings. The Bertz CT molecular complexity index is 206. The van der Waals surface area contributed by atoms with Gasteiger partial charge < -0.3 is 14.8 Å². The molecule has 0 amide bonds. The second-order valence-corrected chi connectivity index (χ2v) is 4.28. The highest BCUT2D eigenvalue weighted by Crippen LogP contribution is 2.15. The van der Waals surface area contributed by atoms with Crippen LogP contribution in [0.25, 0.3) is 0 Å². The Morgan fingerprint density at radius 1 is 1.47 bits per heavy atom. The van der Waals surface area contributed by atoms with Crippen molar-refractivity contribution in [1.29, 1.82) is 0 Å². The average molecular weight is 215 g/mol. The van der Waals surface area contributed by atoms with E-state index in [1.54, 1.807) is 0 Å². The maximum atomic E-state index is 11.6. The summed E-state index contributed by atoms with van der Waals surface area (Å²) in [5, 5.41) is 3.14. The van der Waals surface area contributed by atoms with Crippen molar-refractivity contribution in [2.24, 2.45) is 5.92 Å². The van der Waals surface area contributed by atoms with Gasteiger partial charge in [-0.25, -0.2) is 0 Å². The SMILES string of the molecule is CC(C)OCCOC(=O)C1NCCC1C. The molecule has 4 nitrogen and oxygen atoms in total. The number of hydrogen-bond acceptors (Lipinski definition) is 4. The highest BCUT2D eigenvalue weighted by Gasteiger charge is 2.30. The van der Waals surface area contributed by atoms with E-state index in [1.807, 2.05) is 13.8 Å². The second-order valence-electron chi connectivity index (χ2n) is 4.28. The van der Waals surface area contributed by atoms with Gasteiger partial charge in [0, 0.05) is 0 Å². The van der Waals surface area contributed by atoms with Crippen LogP contribution in [0.3, 0.4) is 0 Å². The Hall–Kier alpha value is -0.610. The molecule has 15 heavy (non-hydrogen) atoms. The lowest BCUT2D eigenvalue weighted by Gasteiger charge is -2.15. The van der Waals surface area contributed by atoms with Gasteiger partial charge in [-0.1, -0.05) is 6.92 Å². The summed E-state index contributed by atoms with van der Waals surface area (Å²) in [6, 6.07) is -0.121. The molecule has 0 aliphatic carbocycles. The molecular weight excluding hydrogens is 194 g/mol. The van der Waals surface area contributed by atoms with Gasteiger partial charge in [-0.05, 0) is 32.7 Å². The van der Waals surface area contributed by atoms with Crippen molar-refractivity contribution in [3.63, 3.8) is 0 Å². The van der Waals surface area contributed by atoms with Gasteiger partial charge in [-0.3, -0.25) is 4.79 Å².